The summed E-state index contributed by atoms with van der Waals surface area (Å²) in [5.41, 5.74) is 1.25. The van der Waals surface area contributed by atoms with E-state index in [1.54, 1.807) is 12.1 Å². The summed E-state index contributed by atoms with van der Waals surface area (Å²) in [6, 6.07) is 9.37. The van der Waals surface area contributed by atoms with Gasteiger partial charge in [-0.05, 0) is 30.6 Å². The Balaban J connectivity index is 2.05. The summed E-state index contributed by atoms with van der Waals surface area (Å²) < 4.78 is 5.13. The van der Waals surface area contributed by atoms with Crippen molar-refractivity contribution in [2.45, 2.75) is 11.9 Å². The first kappa shape index (κ1) is 14.3. The molecule has 0 bridgehead atoms. The number of Topliss-reactive ketones (excluding diaryl/α,β-unsaturated/α-hetero) is 1. The molecule has 0 unspecified atom stereocenters. The Bertz CT molecular complexity index is 644. The average molecular weight is 353 g/mol. The average Bonchev–Trinajstić information content (AvgIpc) is 2.77. The van der Waals surface area contributed by atoms with Crippen LogP contribution in [0.3, 0.4) is 0 Å². The van der Waals surface area contributed by atoms with Gasteiger partial charge in [-0.1, -0.05) is 39.8 Å². The first-order valence-corrected chi connectivity index (χ1v) is 7.95. The molecule has 1 aromatic heterocycles. The molecule has 96 valence electrons. The SMILES string of the molecule is Cc1snc(SCC(=O)c2ccc(Br)cc2)c1C#N. The van der Waals surface area contributed by atoms with Crippen LogP contribution in [0, 0.1) is 18.3 Å². The number of benzene rings is 1. The van der Waals surface area contributed by atoms with Crippen molar-refractivity contribution in [2.75, 3.05) is 5.75 Å². The summed E-state index contributed by atoms with van der Waals surface area (Å²) in [5, 5.41) is 9.66. The molecule has 1 aromatic carbocycles. The van der Waals surface area contributed by atoms with Crippen molar-refractivity contribution in [1.82, 2.24) is 4.37 Å². The fourth-order valence-electron chi connectivity index (χ4n) is 1.43. The smallest absolute Gasteiger partial charge is 0.173 e. The van der Waals surface area contributed by atoms with Crippen molar-refractivity contribution in [2.24, 2.45) is 0 Å². The first-order chi connectivity index (χ1) is 9.11. The van der Waals surface area contributed by atoms with Crippen LogP contribution in [-0.2, 0) is 0 Å². The number of halogens is 1. The molecular weight excluding hydrogens is 344 g/mol. The van der Waals surface area contributed by atoms with E-state index in [0.29, 0.717) is 21.9 Å². The van der Waals surface area contributed by atoms with E-state index in [0.717, 1.165) is 9.35 Å². The third kappa shape index (κ3) is 3.44. The molecule has 0 N–H and O–H groups in total. The van der Waals surface area contributed by atoms with Crippen LogP contribution in [-0.4, -0.2) is 15.9 Å². The quantitative estimate of drug-likeness (QED) is 0.614. The van der Waals surface area contributed by atoms with Crippen molar-refractivity contribution < 1.29 is 4.79 Å². The lowest BCUT2D eigenvalue weighted by atomic mass is 10.2. The zero-order valence-corrected chi connectivity index (χ0v) is 13.2. The minimum absolute atomic E-state index is 0.0343. The van der Waals surface area contributed by atoms with Crippen LogP contribution in [0.2, 0.25) is 0 Å². The number of hydrogen-bond donors (Lipinski definition) is 0. The lowest BCUT2D eigenvalue weighted by Crippen LogP contribution is -2.02. The molecule has 2 rings (SSSR count). The Morgan fingerprint density at radius 3 is 2.79 bits per heavy atom. The number of rotatable bonds is 4. The number of ketones is 1. The number of nitrogens with zero attached hydrogens (tertiary/aromatic N) is 2. The van der Waals surface area contributed by atoms with E-state index in [4.69, 9.17) is 5.26 Å². The third-order valence-corrected chi connectivity index (χ3v) is 4.82. The van der Waals surface area contributed by atoms with Crippen molar-refractivity contribution >= 4 is 45.0 Å². The molecule has 0 spiro atoms. The number of hydrogen-bond acceptors (Lipinski definition) is 5. The van der Waals surface area contributed by atoms with E-state index in [9.17, 15) is 4.79 Å². The molecular formula is C13H9BrN2OS2. The zero-order valence-electron chi connectivity index (χ0n) is 10.0. The molecule has 0 aliphatic rings. The van der Waals surface area contributed by atoms with Gasteiger partial charge in [0.2, 0.25) is 0 Å². The molecule has 2 aromatic rings. The molecule has 1 heterocycles. The number of carbonyl (C=O) groups is 1. The van der Waals surface area contributed by atoms with Crippen LogP contribution in [0.15, 0.2) is 33.8 Å². The van der Waals surface area contributed by atoms with E-state index in [1.807, 2.05) is 19.1 Å². The van der Waals surface area contributed by atoms with Gasteiger partial charge in [0.05, 0.1) is 11.3 Å². The van der Waals surface area contributed by atoms with E-state index in [2.05, 4.69) is 26.4 Å². The van der Waals surface area contributed by atoms with Crippen LogP contribution >= 0.6 is 39.2 Å². The molecule has 0 aliphatic heterocycles. The second-order valence-electron chi connectivity index (χ2n) is 3.75. The Morgan fingerprint density at radius 2 is 2.16 bits per heavy atom. The van der Waals surface area contributed by atoms with Gasteiger partial charge in [-0.25, -0.2) is 0 Å². The standard InChI is InChI=1S/C13H9BrN2OS2/c1-8-11(6-15)13(16-19-8)18-7-12(17)9-2-4-10(14)5-3-9/h2-5H,7H2,1H3. The monoisotopic (exact) mass is 352 g/mol. The summed E-state index contributed by atoms with van der Waals surface area (Å²) in [4.78, 5) is 12.9. The lowest BCUT2D eigenvalue weighted by Gasteiger charge is -2.00. The normalized spacial score (nSPS) is 10.2. The lowest BCUT2D eigenvalue weighted by molar-refractivity contribution is 0.102. The van der Waals surface area contributed by atoms with E-state index >= 15 is 0 Å². The van der Waals surface area contributed by atoms with Gasteiger partial charge < -0.3 is 0 Å². The molecule has 0 amide bonds. The van der Waals surface area contributed by atoms with Crippen molar-refractivity contribution in [3.05, 3.63) is 44.7 Å². The first-order valence-electron chi connectivity index (χ1n) is 5.39. The summed E-state index contributed by atoms with van der Waals surface area (Å²) in [6.45, 7) is 1.86. The van der Waals surface area contributed by atoms with Gasteiger partial charge in [-0.2, -0.15) is 9.64 Å². The topological polar surface area (TPSA) is 53.8 Å². The maximum atomic E-state index is 12.0. The fourth-order valence-corrected chi connectivity index (χ4v) is 3.40. The van der Waals surface area contributed by atoms with Gasteiger partial charge in [0, 0.05) is 14.9 Å². The van der Waals surface area contributed by atoms with Crippen LogP contribution in [0.25, 0.3) is 0 Å². The second-order valence-corrected chi connectivity index (χ2v) is 6.61. The second kappa shape index (κ2) is 6.33. The number of aromatic nitrogens is 1. The van der Waals surface area contributed by atoms with Gasteiger partial charge in [-0.15, -0.1) is 0 Å². The van der Waals surface area contributed by atoms with E-state index in [1.165, 1.54) is 23.3 Å². The molecule has 3 nitrogen and oxygen atoms in total. The number of aryl methyl sites for hydroxylation is 1. The predicted octanol–water partition coefficient (Wildman–Crippen LogP) is 4.06. The minimum Gasteiger partial charge on any atom is -0.293 e. The zero-order chi connectivity index (χ0) is 13.8. The molecule has 0 radical (unpaired) electrons. The summed E-state index contributed by atoms with van der Waals surface area (Å²) in [5.74, 6) is 0.325. The minimum atomic E-state index is 0.0343. The number of nitriles is 1. The van der Waals surface area contributed by atoms with Gasteiger partial charge in [-0.3, -0.25) is 4.79 Å². The van der Waals surface area contributed by atoms with Crippen LogP contribution in [0.5, 0.6) is 0 Å². The van der Waals surface area contributed by atoms with E-state index < -0.39 is 0 Å². The largest absolute Gasteiger partial charge is 0.293 e. The highest BCUT2D eigenvalue weighted by atomic mass is 79.9. The van der Waals surface area contributed by atoms with Gasteiger partial charge in [0.1, 0.15) is 11.1 Å². The molecule has 19 heavy (non-hydrogen) atoms. The Hall–Kier alpha value is -1.16. The number of thioether (sulfide) groups is 1. The van der Waals surface area contributed by atoms with Crippen LogP contribution in [0.4, 0.5) is 0 Å². The molecule has 0 saturated carbocycles. The van der Waals surface area contributed by atoms with Crippen molar-refractivity contribution in [3.63, 3.8) is 0 Å². The summed E-state index contributed by atoms with van der Waals surface area (Å²) in [6.07, 6.45) is 0. The highest BCUT2D eigenvalue weighted by Crippen LogP contribution is 2.27. The van der Waals surface area contributed by atoms with Crippen LogP contribution < -0.4 is 0 Å². The molecule has 6 heteroatoms. The molecule has 0 atom stereocenters. The Kier molecular flexibility index (Phi) is 4.75. The Morgan fingerprint density at radius 1 is 1.47 bits per heavy atom. The number of carbonyl (C=O) groups excluding carboxylic acids is 1. The van der Waals surface area contributed by atoms with E-state index in [-0.39, 0.29) is 5.78 Å². The van der Waals surface area contributed by atoms with Crippen molar-refractivity contribution in [1.29, 1.82) is 5.26 Å². The molecule has 0 aliphatic carbocycles. The van der Waals surface area contributed by atoms with Gasteiger partial charge in [0.25, 0.3) is 0 Å². The maximum Gasteiger partial charge on any atom is 0.173 e. The molecule has 0 saturated heterocycles. The summed E-state index contributed by atoms with van der Waals surface area (Å²) in [7, 11) is 0. The van der Waals surface area contributed by atoms with Crippen LogP contribution in [0.1, 0.15) is 20.8 Å². The van der Waals surface area contributed by atoms with Crippen molar-refractivity contribution in [3.8, 4) is 6.07 Å². The highest BCUT2D eigenvalue weighted by Gasteiger charge is 2.13. The summed E-state index contributed by atoms with van der Waals surface area (Å²) >= 11 is 5.94. The predicted molar refractivity (Wildman–Crippen MR) is 80.8 cm³/mol. The highest BCUT2D eigenvalue weighted by molar-refractivity contribution is 9.10. The molecule has 0 fully saturated rings. The van der Waals surface area contributed by atoms with Gasteiger partial charge in [0.15, 0.2) is 5.78 Å². The maximum absolute atomic E-state index is 12.0. The Labute approximate surface area is 127 Å². The van der Waals surface area contributed by atoms with Gasteiger partial charge >= 0.3 is 0 Å². The third-order valence-electron chi connectivity index (χ3n) is 2.45. The fraction of sp³-hybridized carbons (Fsp3) is 0.154.